The van der Waals surface area contributed by atoms with E-state index in [9.17, 15) is 13.9 Å². The van der Waals surface area contributed by atoms with Gasteiger partial charge in [0.15, 0.2) is 0 Å². The van der Waals surface area contributed by atoms with E-state index in [1.54, 1.807) is 0 Å². The molecule has 1 unspecified atom stereocenters. The number of halogens is 2. The second kappa shape index (κ2) is 5.81. The standard InChI is InChI=1S/C12H16F2O/c1-2-3-4-12(15)7-9-5-10(13)8-11(14)6-9/h5-6,8,12,15H,2-4,7H2,1H3. The number of rotatable bonds is 5. The minimum atomic E-state index is -0.590. The van der Waals surface area contributed by atoms with E-state index in [1.807, 2.05) is 6.92 Å². The molecule has 0 spiro atoms. The summed E-state index contributed by atoms with van der Waals surface area (Å²) in [6.07, 6.45) is 2.42. The maximum Gasteiger partial charge on any atom is 0.126 e. The number of unbranched alkanes of at least 4 members (excludes halogenated alkanes) is 1. The average molecular weight is 214 g/mol. The molecule has 1 atom stereocenters. The van der Waals surface area contributed by atoms with E-state index >= 15 is 0 Å². The first-order chi connectivity index (χ1) is 7.11. The lowest BCUT2D eigenvalue weighted by Crippen LogP contribution is -2.10. The third kappa shape index (κ3) is 4.38. The smallest absolute Gasteiger partial charge is 0.126 e. The number of benzene rings is 1. The number of aliphatic hydroxyl groups is 1. The van der Waals surface area contributed by atoms with E-state index in [2.05, 4.69) is 0 Å². The van der Waals surface area contributed by atoms with E-state index in [4.69, 9.17) is 0 Å². The van der Waals surface area contributed by atoms with Crippen LogP contribution in [0.2, 0.25) is 0 Å². The van der Waals surface area contributed by atoms with Gasteiger partial charge in [-0.05, 0) is 30.5 Å². The van der Waals surface area contributed by atoms with Gasteiger partial charge >= 0.3 is 0 Å². The fraction of sp³-hybridized carbons (Fsp3) is 0.500. The van der Waals surface area contributed by atoms with Gasteiger partial charge in [0.25, 0.3) is 0 Å². The topological polar surface area (TPSA) is 20.2 Å². The summed E-state index contributed by atoms with van der Waals surface area (Å²) in [5.41, 5.74) is 0.510. The van der Waals surface area contributed by atoms with Gasteiger partial charge in [0, 0.05) is 6.07 Å². The maximum absolute atomic E-state index is 12.8. The molecule has 0 aliphatic rings. The lowest BCUT2D eigenvalue weighted by Gasteiger charge is -2.09. The zero-order chi connectivity index (χ0) is 11.3. The van der Waals surface area contributed by atoms with Crippen LogP contribution in [-0.4, -0.2) is 11.2 Å². The van der Waals surface area contributed by atoms with E-state index in [1.165, 1.54) is 12.1 Å². The highest BCUT2D eigenvalue weighted by atomic mass is 19.1. The van der Waals surface area contributed by atoms with Gasteiger partial charge in [-0.1, -0.05) is 19.8 Å². The Labute approximate surface area is 88.7 Å². The summed E-state index contributed by atoms with van der Waals surface area (Å²) in [7, 11) is 0. The summed E-state index contributed by atoms with van der Waals surface area (Å²) in [6, 6.07) is 3.36. The fourth-order valence-corrected chi connectivity index (χ4v) is 1.54. The number of hydrogen-bond donors (Lipinski definition) is 1. The van der Waals surface area contributed by atoms with Gasteiger partial charge in [-0.25, -0.2) is 8.78 Å². The average Bonchev–Trinajstić information content (AvgIpc) is 2.13. The molecular formula is C12H16F2O. The number of aliphatic hydroxyl groups excluding tert-OH is 1. The second-order valence-corrected chi connectivity index (χ2v) is 3.78. The van der Waals surface area contributed by atoms with Crippen LogP contribution in [0, 0.1) is 11.6 Å². The molecule has 0 amide bonds. The van der Waals surface area contributed by atoms with Gasteiger partial charge in [-0.15, -0.1) is 0 Å². The molecule has 0 fully saturated rings. The van der Waals surface area contributed by atoms with Crippen molar-refractivity contribution in [3.05, 3.63) is 35.4 Å². The highest BCUT2D eigenvalue weighted by Gasteiger charge is 2.07. The third-order valence-electron chi connectivity index (χ3n) is 2.28. The van der Waals surface area contributed by atoms with Gasteiger partial charge in [0.1, 0.15) is 11.6 Å². The van der Waals surface area contributed by atoms with Gasteiger partial charge < -0.3 is 5.11 Å². The van der Waals surface area contributed by atoms with Crippen molar-refractivity contribution in [3.8, 4) is 0 Å². The van der Waals surface area contributed by atoms with Crippen LogP contribution >= 0.6 is 0 Å². The first kappa shape index (κ1) is 12.1. The highest BCUT2D eigenvalue weighted by molar-refractivity contribution is 5.18. The lowest BCUT2D eigenvalue weighted by atomic mass is 10.0. The molecule has 15 heavy (non-hydrogen) atoms. The van der Waals surface area contributed by atoms with Crippen molar-refractivity contribution in [1.29, 1.82) is 0 Å². The zero-order valence-corrected chi connectivity index (χ0v) is 8.84. The molecule has 3 heteroatoms. The largest absolute Gasteiger partial charge is 0.393 e. The van der Waals surface area contributed by atoms with E-state index in [0.717, 1.165) is 18.9 Å². The lowest BCUT2D eigenvalue weighted by molar-refractivity contribution is 0.161. The summed E-state index contributed by atoms with van der Waals surface area (Å²) in [6.45, 7) is 2.04. The molecule has 84 valence electrons. The Morgan fingerprint density at radius 2 is 1.80 bits per heavy atom. The van der Waals surface area contributed by atoms with E-state index < -0.39 is 17.7 Å². The molecule has 0 aliphatic heterocycles. The molecule has 0 aliphatic carbocycles. The van der Waals surface area contributed by atoms with Gasteiger partial charge in [-0.2, -0.15) is 0 Å². The molecular weight excluding hydrogens is 198 g/mol. The Balaban J connectivity index is 2.56. The van der Waals surface area contributed by atoms with E-state index in [-0.39, 0.29) is 0 Å². The number of hydrogen-bond acceptors (Lipinski definition) is 1. The van der Waals surface area contributed by atoms with Crippen molar-refractivity contribution in [2.45, 2.75) is 38.7 Å². The normalized spacial score (nSPS) is 12.8. The molecule has 1 aromatic rings. The molecule has 1 N–H and O–H groups in total. The van der Waals surface area contributed by atoms with Crippen molar-refractivity contribution in [1.82, 2.24) is 0 Å². The first-order valence-electron chi connectivity index (χ1n) is 5.25. The molecule has 0 bridgehead atoms. The molecule has 1 nitrogen and oxygen atoms in total. The van der Waals surface area contributed by atoms with Crippen LogP contribution in [-0.2, 0) is 6.42 Å². The molecule has 1 aromatic carbocycles. The summed E-state index contributed by atoms with van der Waals surface area (Å²) < 4.78 is 25.6. The Kier molecular flexibility index (Phi) is 4.69. The second-order valence-electron chi connectivity index (χ2n) is 3.78. The molecule has 0 heterocycles. The van der Waals surface area contributed by atoms with Crippen LogP contribution in [0.5, 0.6) is 0 Å². The quantitative estimate of drug-likeness (QED) is 0.798. The fourth-order valence-electron chi connectivity index (χ4n) is 1.54. The molecule has 1 rings (SSSR count). The zero-order valence-electron chi connectivity index (χ0n) is 8.84. The third-order valence-corrected chi connectivity index (χ3v) is 2.28. The molecule has 0 saturated carbocycles. The predicted octanol–water partition coefficient (Wildman–Crippen LogP) is 3.06. The van der Waals surface area contributed by atoms with Crippen LogP contribution in [0.1, 0.15) is 31.7 Å². The summed E-state index contributed by atoms with van der Waals surface area (Å²) >= 11 is 0. The Morgan fingerprint density at radius 3 is 2.33 bits per heavy atom. The van der Waals surface area contributed by atoms with Gasteiger partial charge in [0.2, 0.25) is 0 Å². The highest BCUT2D eigenvalue weighted by Crippen LogP contribution is 2.12. The Bertz CT molecular complexity index is 292. The van der Waals surface area contributed by atoms with Crippen molar-refractivity contribution >= 4 is 0 Å². The van der Waals surface area contributed by atoms with Crippen molar-refractivity contribution in [2.75, 3.05) is 0 Å². The summed E-state index contributed by atoms with van der Waals surface area (Å²) in [5.74, 6) is -1.18. The van der Waals surface area contributed by atoms with Crippen LogP contribution in [0.4, 0.5) is 8.78 Å². The monoisotopic (exact) mass is 214 g/mol. The van der Waals surface area contributed by atoms with Crippen LogP contribution in [0.25, 0.3) is 0 Å². The predicted molar refractivity (Wildman–Crippen MR) is 55.6 cm³/mol. The Hall–Kier alpha value is -0.960. The minimum absolute atomic E-state index is 0.314. The SMILES string of the molecule is CCCCC(O)Cc1cc(F)cc(F)c1. The van der Waals surface area contributed by atoms with Crippen molar-refractivity contribution in [3.63, 3.8) is 0 Å². The molecule has 0 radical (unpaired) electrons. The Morgan fingerprint density at radius 1 is 1.20 bits per heavy atom. The van der Waals surface area contributed by atoms with Crippen molar-refractivity contribution in [2.24, 2.45) is 0 Å². The molecule has 0 saturated heterocycles. The molecule has 0 aromatic heterocycles. The van der Waals surface area contributed by atoms with Gasteiger partial charge in [-0.3, -0.25) is 0 Å². The maximum atomic E-state index is 12.8. The first-order valence-corrected chi connectivity index (χ1v) is 5.25. The van der Waals surface area contributed by atoms with Gasteiger partial charge in [0.05, 0.1) is 6.10 Å². The summed E-state index contributed by atoms with van der Waals surface area (Å²) in [5, 5.41) is 9.57. The van der Waals surface area contributed by atoms with Crippen LogP contribution in [0.3, 0.4) is 0 Å². The minimum Gasteiger partial charge on any atom is -0.393 e. The van der Waals surface area contributed by atoms with Crippen LogP contribution < -0.4 is 0 Å². The summed E-state index contributed by atoms with van der Waals surface area (Å²) in [4.78, 5) is 0. The van der Waals surface area contributed by atoms with Crippen LogP contribution in [0.15, 0.2) is 18.2 Å². The van der Waals surface area contributed by atoms with E-state index in [0.29, 0.717) is 18.4 Å². The van der Waals surface area contributed by atoms with Crippen molar-refractivity contribution < 1.29 is 13.9 Å².